The van der Waals surface area contributed by atoms with Gasteiger partial charge in [0.2, 0.25) is 0 Å². The number of carboxylic acid groups (broad SMARTS) is 1. The summed E-state index contributed by atoms with van der Waals surface area (Å²) in [5, 5.41) is 9.22. The smallest absolute Gasteiger partial charge is 0.481 e. The minimum Gasteiger partial charge on any atom is -0.481 e. The van der Waals surface area contributed by atoms with Crippen LogP contribution in [0.4, 0.5) is 4.79 Å². The Morgan fingerprint density at radius 1 is 0.745 bits per heavy atom. The topological polar surface area (TPSA) is 184 Å². The van der Waals surface area contributed by atoms with E-state index in [1.165, 1.54) is 0 Å². The minimum absolute atomic E-state index is 0.00683. The molecule has 22 heteroatoms. The highest BCUT2D eigenvalue weighted by atomic mass is 35.5. The number of hydrogen-bond acceptors (Lipinski definition) is 16. The van der Waals surface area contributed by atoms with Crippen molar-refractivity contribution in [3.8, 4) is 0 Å². The summed E-state index contributed by atoms with van der Waals surface area (Å²) in [6.45, 7) is 47.5. The molecule has 7 aliphatic heterocycles. The standard InChI is InChI=1S/C72H131ClO17Si4/c1-23-51-43-59-60(81-67(76)80-51)47-72(84-59)50(10)36-39-71(90-72)46-61(78-18)63(73)56(82-71)34-33-49(9)64(88-93(24-2,25-3)26-4)66(89-94(27-5,28-6)29-7)65-57(77-17)37-40-70(85-65)38-35-48(8)58(83-70)44-55(87-92(21,22)69(14,15)16)42-54(86-91(19,20)68(11,12)13)41-52-31-30-32-53(79-52)45-62(74)75/h23,35,38,48-61,63-66H,1,24-34,36-37,39-47H2,2-22H3,(H,74,75)/t48-,49-,50-,51?,52-,53+,54+,55-,56+,57-,58+,59-,60-,61+,63+,64-,65-,66-,70-,71+,72+/m0/s1. The van der Waals surface area contributed by atoms with Gasteiger partial charge >= 0.3 is 12.1 Å². The number of alkyl halides is 1. The van der Waals surface area contributed by atoms with Gasteiger partial charge in [0, 0.05) is 70.4 Å². The summed E-state index contributed by atoms with van der Waals surface area (Å²) in [6, 6.07) is 5.68. The Morgan fingerprint density at radius 2 is 1.34 bits per heavy atom. The summed E-state index contributed by atoms with van der Waals surface area (Å²) >= 11 is 7.56. The molecule has 0 aromatic heterocycles. The SMILES string of the molecule is C=CC1C[C@@H]2O[C@]3(C[C@@H]2OC(=O)O1)O[C@]1(CC[C@@H]3C)C[C@@H](OC)[C@H](Cl)[C@@H](CC[C@H](C)[C@H](O[Si](CC)(CC)CC)[C@H](O[Si](CC)(CC)CC)[C@H]2O[C@@]3(C=C[C@H](C)[C@@H](C[C@H](C[C@@H](C[C@@H]4CCC[C@H](CC(=O)O)O4)O[Si](C)(C)C(C)(C)C)O[Si](C)(C)C(C)(C)C)O3)CC[C@@H]2OC)O1. The van der Waals surface area contributed by atoms with Gasteiger partial charge in [0.1, 0.15) is 24.4 Å². The van der Waals surface area contributed by atoms with Gasteiger partial charge in [-0.25, -0.2) is 4.79 Å². The van der Waals surface area contributed by atoms with Gasteiger partial charge in [-0.3, -0.25) is 4.79 Å². The summed E-state index contributed by atoms with van der Waals surface area (Å²) in [7, 11) is -6.01. The van der Waals surface area contributed by atoms with Gasteiger partial charge in [-0.15, -0.1) is 11.6 Å². The first kappa shape index (κ1) is 80.2. The zero-order valence-electron chi connectivity index (χ0n) is 62.2. The normalized spacial score (nSPS) is 35.5. The van der Waals surface area contributed by atoms with E-state index in [1.807, 2.05) is 7.11 Å². The van der Waals surface area contributed by atoms with Crippen molar-refractivity contribution in [2.24, 2.45) is 17.8 Å². The summed E-state index contributed by atoms with van der Waals surface area (Å²) in [4.78, 5) is 24.8. The highest BCUT2D eigenvalue weighted by Gasteiger charge is 2.63. The number of ether oxygens (including phenoxy) is 10. The van der Waals surface area contributed by atoms with Crippen LogP contribution in [0.3, 0.4) is 0 Å². The van der Waals surface area contributed by atoms with Gasteiger partial charge in [0.25, 0.3) is 0 Å². The Kier molecular flexibility index (Phi) is 28.1. The lowest BCUT2D eigenvalue weighted by Gasteiger charge is -2.54. The molecule has 544 valence electrons. The number of carbonyl (C=O) groups is 2. The van der Waals surface area contributed by atoms with E-state index >= 15 is 0 Å². The molecule has 0 amide bonds. The zero-order valence-corrected chi connectivity index (χ0v) is 67.0. The Labute approximate surface area is 577 Å². The van der Waals surface area contributed by atoms with Crippen LogP contribution >= 0.6 is 11.6 Å². The Hall–Kier alpha value is -1.10. The molecule has 3 spiro atoms. The maximum absolute atomic E-state index is 12.8. The van der Waals surface area contributed by atoms with Crippen molar-refractivity contribution < 1.29 is 79.8 Å². The summed E-state index contributed by atoms with van der Waals surface area (Å²) in [6.07, 6.45) is 9.84. The van der Waals surface area contributed by atoms with Crippen LogP contribution in [0.25, 0.3) is 0 Å². The molecule has 1 unspecified atom stereocenters. The molecule has 1 N–H and O–H groups in total. The number of carbonyl (C=O) groups excluding carboxylic acids is 1. The van der Waals surface area contributed by atoms with Crippen molar-refractivity contribution in [3.63, 3.8) is 0 Å². The molecule has 0 aliphatic carbocycles. The predicted molar refractivity (Wildman–Crippen MR) is 380 cm³/mol. The Balaban J connectivity index is 1.22. The number of rotatable bonds is 31. The number of fused-ring (bicyclic) bond motifs is 1. The largest absolute Gasteiger partial charge is 0.509 e. The van der Waals surface area contributed by atoms with Crippen molar-refractivity contribution in [3.05, 3.63) is 24.8 Å². The number of halogens is 1. The monoisotopic (exact) mass is 1410 g/mol. The van der Waals surface area contributed by atoms with Crippen LogP contribution in [0.5, 0.6) is 0 Å². The van der Waals surface area contributed by atoms with Gasteiger partial charge in [-0.05, 0) is 149 Å². The van der Waals surface area contributed by atoms with E-state index in [0.717, 1.165) is 61.9 Å². The third-order valence-corrected chi connectivity index (χ3v) is 43.4. The number of hydrogen-bond donors (Lipinski definition) is 1. The Bertz CT molecular complexity index is 2440. The lowest BCUT2D eigenvalue weighted by atomic mass is 9.82. The molecule has 7 rings (SSSR count). The van der Waals surface area contributed by atoms with Crippen molar-refractivity contribution in [2.75, 3.05) is 14.2 Å². The minimum atomic E-state index is -2.44. The number of methoxy groups -OCH3 is 2. The lowest BCUT2D eigenvalue weighted by Crippen LogP contribution is -2.63. The fourth-order valence-electron chi connectivity index (χ4n) is 15.6. The zero-order chi connectivity index (χ0) is 69.6. The van der Waals surface area contributed by atoms with Crippen molar-refractivity contribution in [1.82, 2.24) is 0 Å². The molecule has 0 bridgehead atoms. The van der Waals surface area contributed by atoms with Crippen LogP contribution in [0, 0.1) is 17.8 Å². The van der Waals surface area contributed by atoms with E-state index < -0.39 is 105 Å². The van der Waals surface area contributed by atoms with E-state index in [0.29, 0.717) is 70.6 Å². The van der Waals surface area contributed by atoms with Gasteiger partial charge in [0.15, 0.2) is 50.6 Å². The quantitative estimate of drug-likeness (QED) is 0.0299. The molecule has 6 fully saturated rings. The van der Waals surface area contributed by atoms with E-state index in [9.17, 15) is 14.7 Å². The number of aliphatic carboxylic acids is 1. The first-order valence-corrected chi connectivity index (χ1v) is 48.2. The van der Waals surface area contributed by atoms with Crippen LogP contribution in [-0.4, -0.2) is 173 Å². The van der Waals surface area contributed by atoms with Crippen LogP contribution in [0.15, 0.2) is 24.8 Å². The third kappa shape index (κ3) is 19.1. The van der Waals surface area contributed by atoms with E-state index in [-0.39, 0.29) is 83.1 Å². The van der Waals surface area contributed by atoms with Crippen LogP contribution in [0.1, 0.15) is 207 Å². The van der Waals surface area contributed by atoms with Gasteiger partial charge in [-0.2, -0.15) is 0 Å². The first-order valence-electron chi connectivity index (χ1n) is 36.9. The van der Waals surface area contributed by atoms with Crippen molar-refractivity contribution in [2.45, 2.75) is 387 Å². The highest BCUT2D eigenvalue weighted by Crippen LogP contribution is 2.54. The molecule has 0 aromatic rings. The number of carboxylic acids is 1. The molecule has 7 aliphatic rings. The van der Waals surface area contributed by atoms with Crippen LogP contribution in [-0.2, 0) is 69.9 Å². The molecule has 94 heavy (non-hydrogen) atoms. The van der Waals surface area contributed by atoms with Crippen molar-refractivity contribution >= 4 is 57.0 Å². The first-order chi connectivity index (χ1) is 44.0. The average Bonchev–Trinajstić information content (AvgIpc) is 1.43. The molecule has 7 heterocycles. The van der Waals surface area contributed by atoms with E-state index in [2.05, 4.69) is 149 Å². The van der Waals surface area contributed by atoms with E-state index in [4.69, 9.17) is 76.7 Å². The van der Waals surface area contributed by atoms with E-state index in [1.54, 1.807) is 13.2 Å². The predicted octanol–water partition coefficient (Wildman–Crippen LogP) is 17.5. The summed E-state index contributed by atoms with van der Waals surface area (Å²) in [5.41, 5.74) is 0. The highest BCUT2D eigenvalue weighted by molar-refractivity contribution is 6.75. The summed E-state index contributed by atoms with van der Waals surface area (Å²) in [5.74, 6) is -4.07. The second kappa shape index (κ2) is 32.9. The molecule has 21 atom stereocenters. The number of cyclic esters (lactones) is 1. The molecular weight excluding hydrogens is 1280 g/mol. The molecule has 0 saturated carbocycles. The maximum atomic E-state index is 12.8. The summed E-state index contributed by atoms with van der Waals surface area (Å²) < 4.78 is 99.0. The second-order valence-corrected chi connectivity index (χ2v) is 52.1. The maximum Gasteiger partial charge on any atom is 0.509 e. The molecule has 0 aromatic carbocycles. The molecule has 17 nitrogen and oxygen atoms in total. The molecule has 0 radical (unpaired) electrons. The van der Waals surface area contributed by atoms with Crippen LogP contribution in [0.2, 0.25) is 72.5 Å². The molecular formula is C72H131ClO17Si4. The fraction of sp³-hybridized carbons (Fsp3) is 0.917. The lowest BCUT2D eigenvalue weighted by molar-refractivity contribution is -0.414. The average molecular weight is 1420 g/mol. The second-order valence-electron chi connectivity index (χ2n) is 32.6. The van der Waals surface area contributed by atoms with Crippen molar-refractivity contribution in [1.29, 1.82) is 0 Å². The third-order valence-electron chi connectivity index (χ3n) is 24.5. The van der Waals surface area contributed by atoms with Crippen LogP contribution < -0.4 is 0 Å². The van der Waals surface area contributed by atoms with Gasteiger partial charge < -0.3 is 70.2 Å². The van der Waals surface area contributed by atoms with Gasteiger partial charge in [-0.1, -0.05) is 123 Å². The molecule has 6 saturated heterocycles. The Morgan fingerprint density at radius 3 is 1.91 bits per heavy atom. The van der Waals surface area contributed by atoms with Gasteiger partial charge in [0.05, 0.1) is 60.6 Å². The fourth-order valence-corrected chi connectivity index (χ4v) is 24.5.